The minimum absolute atomic E-state index is 0.114. The van der Waals surface area contributed by atoms with Gasteiger partial charge in [-0.05, 0) is 23.6 Å². The first-order valence-corrected chi connectivity index (χ1v) is 7.59. The van der Waals surface area contributed by atoms with Crippen LogP contribution in [0.1, 0.15) is 39.7 Å². The van der Waals surface area contributed by atoms with Crippen molar-refractivity contribution < 1.29 is 14.3 Å². The van der Waals surface area contributed by atoms with Crippen LogP contribution in [0.3, 0.4) is 0 Å². The van der Waals surface area contributed by atoms with Crippen molar-refractivity contribution in [1.29, 1.82) is 0 Å². The fourth-order valence-electron chi connectivity index (χ4n) is 2.32. The van der Waals surface area contributed by atoms with Crippen LogP contribution >= 0.6 is 0 Å². The van der Waals surface area contributed by atoms with Crippen LogP contribution < -0.4 is 5.32 Å². The Morgan fingerprint density at radius 2 is 2.09 bits per heavy atom. The molecule has 122 valence electrons. The third-order valence-electron chi connectivity index (χ3n) is 3.64. The molecule has 0 saturated heterocycles. The average Bonchev–Trinajstić information content (AvgIpc) is 2.44. The van der Waals surface area contributed by atoms with Crippen LogP contribution in [0.15, 0.2) is 30.3 Å². The molecular formula is C18H26FNO2. The summed E-state index contributed by atoms with van der Waals surface area (Å²) in [6.07, 6.45) is 3.17. The summed E-state index contributed by atoms with van der Waals surface area (Å²) in [6, 6.07) is 6.20. The molecule has 0 aliphatic rings. The highest BCUT2D eigenvalue weighted by Crippen LogP contribution is 2.25. The number of rotatable bonds is 7. The fraction of sp³-hybridized carbons (Fsp3) is 0.500. The number of hydrogen-bond donors (Lipinski definition) is 2. The van der Waals surface area contributed by atoms with Crippen LogP contribution in [0, 0.1) is 17.2 Å². The molecule has 1 unspecified atom stereocenters. The summed E-state index contributed by atoms with van der Waals surface area (Å²) in [5.74, 6) is -0.271. The summed E-state index contributed by atoms with van der Waals surface area (Å²) in [5, 5.41) is 12.9. The molecule has 1 atom stereocenters. The lowest BCUT2D eigenvalue weighted by molar-refractivity contribution is -0.121. The molecule has 0 aliphatic carbocycles. The van der Waals surface area contributed by atoms with Gasteiger partial charge >= 0.3 is 0 Å². The molecule has 1 rings (SSSR count). The number of nitrogens with one attached hydrogen (secondary N) is 1. The van der Waals surface area contributed by atoms with Crippen molar-refractivity contribution in [3.8, 4) is 0 Å². The lowest BCUT2D eigenvalue weighted by Crippen LogP contribution is -2.43. The highest BCUT2D eigenvalue weighted by molar-refractivity contribution is 5.78. The molecule has 0 saturated carbocycles. The minimum Gasteiger partial charge on any atom is -0.392 e. The summed E-state index contributed by atoms with van der Waals surface area (Å²) in [7, 11) is 0. The van der Waals surface area contributed by atoms with Crippen LogP contribution in [0.2, 0.25) is 0 Å². The SMILES string of the molecule is CC(C)C(O)C(C)(C)CNC(=O)C/C=C/c1cccc(F)c1. The van der Waals surface area contributed by atoms with E-state index in [0.717, 1.165) is 5.56 Å². The third kappa shape index (κ3) is 5.98. The molecular weight excluding hydrogens is 281 g/mol. The summed E-state index contributed by atoms with van der Waals surface area (Å²) in [6.45, 7) is 8.19. The average molecular weight is 307 g/mol. The molecule has 1 amide bonds. The topological polar surface area (TPSA) is 49.3 Å². The molecule has 0 radical (unpaired) electrons. The summed E-state index contributed by atoms with van der Waals surface area (Å²) < 4.78 is 13.0. The Morgan fingerprint density at radius 3 is 2.68 bits per heavy atom. The quantitative estimate of drug-likeness (QED) is 0.811. The second-order valence-corrected chi connectivity index (χ2v) is 6.62. The molecule has 3 nitrogen and oxygen atoms in total. The molecule has 1 aromatic rings. The number of benzene rings is 1. The minimum atomic E-state index is -0.476. The van der Waals surface area contributed by atoms with Crippen LogP contribution in [-0.4, -0.2) is 23.7 Å². The molecule has 0 heterocycles. The van der Waals surface area contributed by atoms with Gasteiger partial charge in [-0.1, -0.05) is 52.0 Å². The largest absolute Gasteiger partial charge is 0.392 e. The van der Waals surface area contributed by atoms with Gasteiger partial charge in [0.05, 0.1) is 6.10 Å². The highest BCUT2D eigenvalue weighted by Gasteiger charge is 2.30. The van der Waals surface area contributed by atoms with Crippen LogP contribution in [0.25, 0.3) is 6.08 Å². The Bertz CT molecular complexity index is 524. The predicted molar refractivity (Wildman–Crippen MR) is 87.7 cm³/mol. The smallest absolute Gasteiger partial charge is 0.223 e. The summed E-state index contributed by atoms with van der Waals surface area (Å²) >= 11 is 0. The summed E-state index contributed by atoms with van der Waals surface area (Å²) in [4.78, 5) is 11.8. The zero-order chi connectivity index (χ0) is 16.8. The van der Waals surface area contributed by atoms with Gasteiger partial charge in [-0.25, -0.2) is 4.39 Å². The maximum atomic E-state index is 13.0. The van der Waals surface area contributed by atoms with E-state index in [1.54, 1.807) is 24.3 Å². The molecule has 22 heavy (non-hydrogen) atoms. The molecule has 4 heteroatoms. The number of amides is 1. The predicted octanol–water partition coefficient (Wildman–Crippen LogP) is 3.39. The third-order valence-corrected chi connectivity index (χ3v) is 3.64. The van der Waals surface area contributed by atoms with E-state index in [4.69, 9.17) is 0 Å². The van der Waals surface area contributed by atoms with Crippen LogP contribution in [0.4, 0.5) is 4.39 Å². The van der Waals surface area contributed by atoms with Crippen molar-refractivity contribution in [2.24, 2.45) is 11.3 Å². The maximum Gasteiger partial charge on any atom is 0.223 e. The van der Waals surface area contributed by atoms with Gasteiger partial charge in [-0.3, -0.25) is 4.79 Å². The van der Waals surface area contributed by atoms with Gasteiger partial charge in [0.15, 0.2) is 0 Å². The molecule has 1 aromatic carbocycles. The number of carbonyl (C=O) groups is 1. The Hall–Kier alpha value is -1.68. The number of halogens is 1. The lowest BCUT2D eigenvalue weighted by Gasteiger charge is -2.33. The first-order chi connectivity index (χ1) is 10.2. The molecule has 0 bridgehead atoms. The van der Waals surface area contributed by atoms with Crippen molar-refractivity contribution in [2.75, 3.05) is 6.54 Å². The molecule has 0 aromatic heterocycles. The van der Waals surface area contributed by atoms with E-state index in [-0.39, 0.29) is 29.5 Å². The van der Waals surface area contributed by atoms with Crippen molar-refractivity contribution >= 4 is 12.0 Å². The Labute approximate surface area is 132 Å². The van der Waals surface area contributed by atoms with Crippen molar-refractivity contribution in [3.05, 3.63) is 41.7 Å². The standard InChI is InChI=1S/C18H26FNO2/c1-13(2)17(22)18(3,4)12-20-16(21)10-6-8-14-7-5-9-15(19)11-14/h5-9,11,13,17,22H,10,12H2,1-4H3,(H,20,21)/b8-6+. The fourth-order valence-corrected chi connectivity index (χ4v) is 2.32. The van der Waals surface area contributed by atoms with E-state index >= 15 is 0 Å². The Balaban J connectivity index is 2.44. The number of aliphatic hydroxyl groups is 1. The second-order valence-electron chi connectivity index (χ2n) is 6.62. The maximum absolute atomic E-state index is 13.0. The van der Waals surface area contributed by atoms with Gasteiger partial charge in [-0.2, -0.15) is 0 Å². The van der Waals surface area contributed by atoms with Crippen LogP contribution in [-0.2, 0) is 4.79 Å². The number of aliphatic hydroxyl groups excluding tert-OH is 1. The van der Waals surface area contributed by atoms with Gasteiger partial charge in [0, 0.05) is 18.4 Å². The van der Waals surface area contributed by atoms with Gasteiger partial charge in [0.25, 0.3) is 0 Å². The Morgan fingerprint density at radius 1 is 1.41 bits per heavy atom. The normalized spacial score (nSPS) is 13.6. The zero-order valence-electron chi connectivity index (χ0n) is 13.8. The lowest BCUT2D eigenvalue weighted by atomic mass is 9.80. The molecule has 2 N–H and O–H groups in total. The van der Waals surface area contributed by atoms with Crippen molar-refractivity contribution in [2.45, 2.75) is 40.2 Å². The first kappa shape index (κ1) is 18.4. The van der Waals surface area contributed by atoms with E-state index in [9.17, 15) is 14.3 Å². The van der Waals surface area contributed by atoms with E-state index in [0.29, 0.717) is 6.54 Å². The number of carbonyl (C=O) groups excluding carboxylic acids is 1. The van der Waals surface area contributed by atoms with Gasteiger partial charge in [-0.15, -0.1) is 0 Å². The molecule has 0 spiro atoms. The monoisotopic (exact) mass is 307 g/mol. The second kappa shape index (κ2) is 8.08. The Kier molecular flexibility index (Phi) is 6.75. The van der Waals surface area contributed by atoms with E-state index in [1.165, 1.54) is 12.1 Å². The van der Waals surface area contributed by atoms with E-state index < -0.39 is 6.10 Å². The van der Waals surface area contributed by atoms with E-state index in [2.05, 4.69) is 5.32 Å². The first-order valence-electron chi connectivity index (χ1n) is 7.59. The zero-order valence-corrected chi connectivity index (χ0v) is 13.8. The molecule has 0 aliphatic heterocycles. The van der Waals surface area contributed by atoms with Crippen LogP contribution in [0.5, 0.6) is 0 Å². The molecule has 0 fully saturated rings. The summed E-state index contributed by atoms with van der Waals surface area (Å²) in [5.41, 5.74) is 0.346. The van der Waals surface area contributed by atoms with Gasteiger partial charge < -0.3 is 10.4 Å². The van der Waals surface area contributed by atoms with Gasteiger partial charge in [0.2, 0.25) is 5.91 Å². The number of hydrogen-bond acceptors (Lipinski definition) is 2. The van der Waals surface area contributed by atoms with E-state index in [1.807, 2.05) is 27.7 Å². The van der Waals surface area contributed by atoms with Crippen molar-refractivity contribution in [1.82, 2.24) is 5.32 Å². The van der Waals surface area contributed by atoms with Crippen molar-refractivity contribution in [3.63, 3.8) is 0 Å². The van der Waals surface area contributed by atoms with Gasteiger partial charge in [0.1, 0.15) is 5.82 Å². The highest BCUT2D eigenvalue weighted by atomic mass is 19.1.